The lowest BCUT2D eigenvalue weighted by Crippen LogP contribution is -2.51. The van der Waals surface area contributed by atoms with Gasteiger partial charge in [-0.3, -0.25) is 4.79 Å². The van der Waals surface area contributed by atoms with E-state index >= 15 is 0 Å². The maximum absolute atomic E-state index is 11.7. The van der Waals surface area contributed by atoms with Gasteiger partial charge in [0.05, 0.1) is 5.54 Å². The quantitative estimate of drug-likeness (QED) is 0.681. The highest BCUT2D eigenvalue weighted by Crippen LogP contribution is 2.28. The van der Waals surface area contributed by atoms with Gasteiger partial charge in [0.15, 0.2) is 0 Å². The van der Waals surface area contributed by atoms with Crippen LogP contribution in [0.1, 0.15) is 52.4 Å². The van der Waals surface area contributed by atoms with Crippen molar-refractivity contribution in [3.05, 3.63) is 0 Å². The molecule has 0 aromatic carbocycles. The third kappa shape index (κ3) is 4.12. The normalized spacial score (nSPS) is 17.7. The Morgan fingerprint density at radius 2 is 1.94 bits per heavy atom. The highest BCUT2D eigenvalue weighted by Gasteiger charge is 2.24. The zero-order chi connectivity index (χ0) is 12.0. The average molecular weight is 226 g/mol. The molecule has 0 aliphatic heterocycles. The largest absolute Gasteiger partial charge is 0.355 e. The first-order chi connectivity index (χ1) is 7.56. The van der Waals surface area contributed by atoms with Crippen LogP contribution in [0.15, 0.2) is 0 Å². The van der Waals surface area contributed by atoms with Crippen molar-refractivity contribution in [3.63, 3.8) is 0 Å². The van der Waals surface area contributed by atoms with Gasteiger partial charge in [0, 0.05) is 6.54 Å². The Hall–Kier alpha value is -0.570. The van der Waals surface area contributed by atoms with Crippen LogP contribution in [0.25, 0.3) is 0 Å². The first-order valence-electron chi connectivity index (χ1n) is 6.53. The zero-order valence-electron chi connectivity index (χ0n) is 10.9. The second-order valence-corrected chi connectivity index (χ2v) is 5.42. The van der Waals surface area contributed by atoms with Crippen LogP contribution in [-0.2, 0) is 4.79 Å². The van der Waals surface area contributed by atoms with Crippen LogP contribution in [0.5, 0.6) is 0 Å². The monoisotopic (exact) mass is 226 g/mol. The van der Waals surface area contributed by atoms with E-state index in [1.54, 1.807) is 0 Å². The predicted molar refractivity (Wildman–Crippen MR) is 67.3 cm³/mol. The van der Waals surface area contributed by atoms with Crippen LogP contribution in [0.2, 0.25) is 0 Å². The van der Waals surface area contributed by atoms with Crippen LogP contribution < -0.4 is 10.6 Å². The van der Waals surface area contributed by atoms with Crippen molar-refractivity contribution in [1.82, 2.24) is 10.6 Å². The third-order valence-electron chi connectivity index (χ3n) is 3.74. The van der Waals surface area contributed by atoms with Crippen molar-refractivity contribution in [1.29, 1.82) is 0 Å². The lowest BCUT2D eigenvalue weighted by molar-refractivity contribution is -0.126. The summed E-state index contributed by atoms with van der Waals surface area (Å²) in [5.41, 5.74) is -0.451. The minimum Gasteiger partial charge on any atom is -0.355 e. The maximum atomic E-state index is 11.7. The molecule has 1 amide bonds. The van der Waals surface area contributed by atoms with E-state index < -0.39 is 5.54 Å². The van der Waals surface area contributed by atoms with Crippen molar-refractivity contribution in [3.8, 4) is 0 Å². The van der Waals surface area contributed by atoms with Gasteiger partial charge in [-0.05, 0) is 39.7 Å². The van der Waals surface area contributed by atoms with Gasteiger partial charge in [-0.15, -0.1) is 0 Å². The summed E-state index contributed by atoms with van der Waals surface area (Å²) < 4.78 is 0. The molecule has 0 spiro atoms. The van der Waals surface area contributed by atoms with E-state index in [0.717, 1.165) is 18.9 Å². The maximum Gasteiger partial charge on any atom is 0.239 e. The molecule has 3 heteroatoms. The molecule has 0 aromatic heterocycles. The molecule has 1 aliphatic rings. The van der Waals surface area contributed by atoms with Gasteiger partial charge in [-0.25, -0.2) is 0 Å². The van der Waals surface area contributed by atoms with Gasteiger partial charge in [0.25, 0.3) is 0 Å². The fourth-order valence-electron chi connectivity index (χ4n) is 2.23. The van der Waals surface area contributed by atoms with Gasteiger partial charge < -0.3 is 10.6 Å². The number of amides is 1. The van der Waals surface area contributed by atoms with E-state index in [1.165, 1.54) is 32.1 Å². The van der Waals surface area contributed by atoms with Crippen molar-refractivity contribution < 1.29 is 4.79 Å². The summed E-state index contributed by atoms with van der Waals surface area (Å²) in [7, 11) is 1.82. The van der Waals surface area contributed by atoms with Gasteiger partial charge in [-0.1, -0.05) is 25.7 Å². The molecule has 0 unspecified atom stereocenters. The third-order valence-corrected chi connectivity index (χ3v) is 3.74. The highest BCUT2D eigenvalue weighted by atomic mass is 16.2. The molecule has 1 aliphatic carbocycles. The molecule has 0 atom stereocenters. The summed E-state index contributed by atoms with van der Waals surface area (Å²) in [4.78, 5) is 11.7. The molecule has 3 nitrogen and oxygen atoms in total. The van der Waals surface area contributed by atoms with E-state index in [9.17, 15) is 4.79 Å². The molecule has 1 fully saturated rings. The van der Waals surface area contributed by atoms with Crippen LogP contribution in [0.3, 0.4) is 0 Å². The van der Waals surface area contributed by atoms with Crippen molar-refractivity contribution in [2.75, 3.05) is 13.6 Å². The topological polar surface area (TPSA) is 41.1 Å². The minimum absolute atomic E-state index is 0.0985. The molecule has 1 saturated carbocycles. The van der Waals surface area contributed by atoms with Gasteiger partial charge in [0.1, 0.15) is 0 Å². The Kier molecular flexibility index (Phi) is 5.26. The molecule has 0 bridgehead atoms. The summed E-state index contributed by atoms with van der Waals surface area (Å²) >= 11 is 0. The molecule has 16 heavy (non-hydrogen) atoms. The molecular weight excluding hydrogens is 200 g/mol. The number of carbonyl (C=O) groups excluding carboxylic acids is 1. The predicted octanol–water partition coefficient (Wildman–Crippen LogP) is 2.07. The summed E-state index contributed by atoms with van der Waals surface area (Å²) in [5.74, 6) is 1.02. The zero-order valence-corrected chi connectivity index (χ0v) is 10.9. The lowest BCUT2D eigenvalue weighted by Gasteiger charge is -2.22. The minimum atomic E-state index is -0.451. The van der Waals surface area contributed by atoms with Crippen LogP contribution in [0.4, 0.5) is 0 Å². The first-order valence-corrected chi connectivity index (χ1v) is 6.53. The van der Waals surface area contributed by atoms with E-state index in [2.05, 4.69) is 10.6 Å². The standard InChI is InChI=1S/C13H26N2O/c1-13(2,14-3)12(16)15-10-6-9-11-7-4-5-8-11/h11,14H,4-10H2,1-3H3,(H,15,16). The molecular formula is C13H26N2O. The van der Waals surface area contributed by atoms with Gasteiger partial charge in [0.2, 0.25) is 5.91 Å². The Labute approximate surface area is 99.4 Å². The Balaban J connectivity index is 2.08. The summed E-state index contributed by atoms with van der Waals surface area (Å²) in [6.07, 6.45) is 8.01. The second kappa shape index (κ2) is 6.24. The number of likely N-dealkylation sites (N-methyl/N-ethyl adjacent to an activating group) is 1. The fourth-order valence-corrected chi connectivity index (χ4v) is 2.23. The number of hydrogen-bond donors (Lipinski definition) is 2. The van der Waals surface area contributed by atoms with Crippen LogP contribution >= 0.6 is 0 Å². The Morgan fingerprint density at radius 1 is 1.31 bits per heavy atom. The molecule has 2 N–H and O–H groups in total. The molecule has 0 heterocycles. The Morgan fingerprint density at radius 3 is 2.50 bits per heavy atom. The van der Waals surface area contributed by atoms with E-state index in [4.69, 9.17) is 0 Å². The number of carbonyl (C=O) groups is 1. The van der Waals surface area contributed by atoms with Gasteiger partial charge >= 0.3 is 0 Å². The SMILES string of the molecule is CNC(C)(C)C(=O)NCCCC1CCCC1. The summed E-state index contributed by atoms with van der Waals surface area (Å²) in [6, 6.07) is 0. The van der Waals surface area contributed by atoms with E-state index in [0.29, 0.717) is 0 Å². The second-order valence-electron chi connectivity index (χ2n) is 5.42. The average Bonchev–Trinajstić information content (AvgIpc) is 2.76. The first kappa shape index (κ1) is 13.5. The molecule has 0 radical (unpaired) electrons. The number of nitrogens with one attached hydrogen (secondary N) is 2. The molecule has 0 saturated heterocycles. The molecule has 1 rings (SSSR count). The molecule has 0 aromatic rings. The van der Waals surface area contributed by atoms with Crippen molar-refractivity contribution in [2.45, 2.75) is 57.9 Å². The van der Waals surface area contributed by atoms with Gasteiger partial charge in [-0.2, -0.15) is 0 Å². The van der Waals surface area contributed by atoms with Crippen LogP contribution in [-0.4, -0.2) is 25.0 Å². The highest BCUT2D eigenvalue weighted by molar-refractivity contribution is 5.85. The number of hydrogen-bond acceptors (Lipinski definition) is 2. The van der Waals surface area contributed by atoms with E-state index in [-0.39, 0.29) is 5.91 Å². The van der Waals surface area contributed by atoms with Crippen molar-refractivity contribution in [2.24, 2.45) is 5.92 Å². The summed E-state index contributed by atoms with van der Waals surface area (Å²) in [6.45, 7) is 4.62. The Bertz CT molecular complexity index is 220. The molecule has 94 valence electrons. The fraction of sp³-hybridized carbons (Fsp3) is 0.923. The van der Waals surface area contributed by atoms with E-state index in [1.807, 2.05) is 20.9 Å². The van der Waals surface area contributed by atoms with Crippen LogP contribution in [0, 0.1) is 5.92 Å². The van der Waals surface area contributed by atoms with Crippen molar-refractivity contribution >= 4 is 5.91 Å². The number of rotatable bonds is 6. The lowest BCUT2D eigenvalue weighted by atomic mass is 10.0. The smallest absolute Gasteiger partial charge is 0.239 e. The summed E-state index contributed by atoms with van der Waals surface area (Å²) in [5, 5.41) is 6.01.